The lowest BCUT2D eigenvalue weighted by atomic mass is 9.77. The maximum Gasteiger partial charge on any atom is 0.308 e. The van der Waals surface area contributed by atoms with Crippen LogP contribution in [0.1, 0.15) is 31.2 Å². The summed E-state index contributed by atoms with van der Waals surface area (Å²) >= 11 is 0. The lowest BCUT2D eigenvalue weighted by Crippen LogP contribution is -2.27. The third kappa shape index (κ3) is 1.90. The van der Waals surface area contributed by atoms with E-state index in [2.05, 4.69) is 12.2 Å². The lowest BCUT2D eigenvalue weighted by Gasteiger charge is -2.35. The normalized spacial score (nSPS) is 24.7. The number of fused-ring (bicyclic) bond motifs is 3. The molecule has 2 unspecified atom stereocenters. The number of benzene rings is 1. The van der Waals surface area contributed by atoms with Crippen molar-refractivity contribution in [3.63, 3.8) is 0 Å². The Morgan fingerprint density at radius 3 is 3.00 bits per heavy atom. The molecule has 0 fully saturated rings. The second-order valence-electron chi connectivity index (χ2n) is 4.88. The highest BCUT2D eigenvalue weighted by atomic mass is 16.5. The molecule has 0 bridgehead atoms. The van der Waals surface area contributed by atoms with E-state index in [9.17, 15) is 4.79 Å². The van der Waals surface area contributed by atoms with Crippen LogP contribution < -0.4 is 9.47 Å². The molecule has 0 saturated heterocycles. The van der Waals surface area contributed by atoms with E-state index < -0.39 is 0 Å². The number of esters is 1. The Bertz CT molecular complexity index is 504. The zero-order chi connectivity index (χ0) is 12.5. The van der Waals surface area contributed by atoms with Crippen molar-refractivity contribution >= 4 is 5.97 Å². The Morgan fingerprint density at radius 1 is 1.33 bits per heavy atom. The summed E-state index contributed by atoms with van der Waals surface area (Å²) in [6.45, 7) is 2.19. The van der Waals surface area contributed by atoms with Gasteiger partial charge in [0, 0.05) is 24.3 Å². The summed E-state index contributed by atoms with van der Waals surface area (Å²) < 4.78 is 11.1. The minimum Gasteiger partial charge on any atom is -0.493 e. The second-order valence-corrected chi connectivity index (χ2v) is 4.88. The molecule has 2 atom stereocenters. The fraction of sp³-hybridized carbons (Fsp3) is 0.400. The molecule has 0 aromatic heterocycles. The Labute approximate surface area is 106 Å². The van der Waals surface area contributed by atoms with Crippen molar-refractivity contribution in [3.05, 3.63) is 35.9 Å². The average molecular weight is 244 g/mol. The van der Waals surface area contributed by atoms with Crippen LogP contribution in [-0.4, -0.2) is 12.6 Å². The van der Waals surface area contributed by atoms with Crippen LogP contribution in [0.4, 0.5) is 0 Å². The summed E-state index contributed by atoms with van der Waals surface area (Å²) in [5.41, 5.74) is 1.06. The largest absolute Gasteiger partial charge is 0.493 e. The van der Waals surface area contributed by atoms with E-state index in [1.165, 1.54) is 6.92 Å². The highest BCUT2D eigenvalue weighted by molar-refractivity contribution is 5.70. The molecule has 1 aromatic carbocycles. The van der Waals surface area contributed by atoms with Gasteiger partial charge in [-0.05, 0) is 25.0 Å². The van der Waals surface area contributed by atoms with Gasteiger partial charge in [0.25, 0.3) is 0 Å². The molecule has 3 rings (SSSR count). The first kappa shape index (κ1) is 11.3. The van der Waals surface area contributed by atoms with Crippen LogP contribution in [0.3, 0.4) is 0 Å². The molecule has 3 nitrogen and oxygen atoms in total. The van der Waals surface area contributed by atoms with Crippen LogP contribution in [0.5, 0.6) is 11.5 Å². The number of hydrogen-bond donors (Lipinski definition) is 0. The quantitative estimate of drug-likeness (QED) is 0.432. The lowest BCUT2D eigenvalue weighted by molar-refractivity contribution is -0.131. The maximum atomic E-state index is 11.2. The summed E-state index contributed by atoms with van der Waals surface area (Å²) in [6, 6.07) is 5.68. The summed E-state index contributed by atoms with van der Waals surface area (Å²) in [7, 11) is 0. The molecule has 1 aliphatic heterocycles. The van der Waals surface area contributed by atoms with Crippen LogP contribution in [0.25, 0.3) is 0 Å². The summed E-state index contributed by atoms with van der Waals surface area (Å²) in [4.78, 5) is 11.2. The molecule has 3 heteroatoms. The first-order valence-corrected chi connectivity index (χ1v) is 6.35. The molecule has 0 spiro atoms. The predicted octanol–water partition coefficient (Wildman–Crippen LogP) is 3.05. The van der Waals surface area contributed by atoms with E-state index in [4.69, 9.17) is 9.47 Å². The smallest absolute Gasteiger partial charge is 0.308 e. The highest BCUT2D eigenvalue weighted by Crippen LogP contribution is 2.47. The van der Waals surface area contributed by atoms with E-state index in [1.54, 1.807) is 0 Å². The van der Waals surface area contributed by atoms with Gasteiger partial charge >= 0.3 is 5.97 Å². The molecule has 1 aliphatic carbocycles. The minimum atomic E-state index is -0.281. The zero-order valence-electron chi connectivity index (χ0n) is 10.4. The van der Waals surface area contributed by atoms with Gasteiger partial charge in [0.2, 0.25) is 0 Å². The molecule has 1 aromatic rings. The summed E-state index contributed by atoms with van der Waals surface area (Å²) in [6.07, 6.45) is 6.46. The molecule has 0 amide bonds. The van der Waals surface area contributed by atoms with Crippen molar-refractivity contribution in [2.45, 2.75) is 25.7 Å². The molecular formula is C15H16O3. The van der Waals surface area contributed by atoms with Crippen molar-refractivity contribution < 1.29 is 14.3 Å². The number of carbonyl (C=O) groups excluding carboxylic acids is 1. The Hall–Kier alpha value is -1.77. The first-order valence-electron chi connectivity index (χ1n) is 6.35. The SMILES string of the molecule is CC(=O)Oc1cccc2c1C1CC=CCC1CO2. The molecule has 1 heterocycles. The summed E-state index contributed by atoms with van der Waals surface area (Å²) in [5.74, 6) is 2.15. The molecule has 2 aliphatic rings. The molecular weight excluding hydrogens is 228 g/mol. The van der Waals surface area contributed by atoms with E-state index in [-0.39, 0.29) is 5.97 Å². The van der Waals surface area contributed by atoms with Gasteiger partial charge in [-0.25, -0.2) is 0 Å². The van der Waals surface area contributed by atoms with Crippen LogP contribution in [0, 0.1) is 5.92 Å². The van der Waals surface area contributed by atoms with Gasteiger partial charge in [0.05, 0.1) is 6.61 Å². The second kappa shape index (κ2) is 4.48. The van der Waals surface area contributed by atoms with Gasteiger partial charge in [-0.15, -0.1) is 0 Å². The number of rotatable bonds is 1. The average Bonchev–Trinajstić information content (AvgIpc) is 2.38. The minimum absolute atomic E-state index is 0.281. The number of hydrogen-bond acceptors (Lipinski definition) is 3. The van der Waals surface area contributed by atoms with Crippen LogP contribution in [0.2, 0.25) is 0 Å². The number of ether oxygens (including phenoxy) is 2. The van der Waals surface area contributed by atoms with Gasteiger partial charge in [0.15, 0.2) is 0 Å². The third-order valence-electron chi connectivity index (χ3n) is 3.67. The van der Waals surface area contributed by atoms with Gasteiger partial charge in [-0.3, -0.25) is 4.79 Å². The van der Waals surface area contributed by atoms with E-state index in [0.717, 1.165) is 30.8 Å². The Kier molecular flexibility index (Phi) is 2.82. The fourth-order valence-electron chi connectivity index (χ4n) is 2.86. The van der Waals surface area contributed by atoms with Gasteiger partial charge in [-0.2, -0.15) is 0 Å². The number of allylic oxidation sites excluding steroid dienone is 2. The van der Waals surface area contributed by atoms with Crippen LogP contribution >= 0.6 is 0 Å². The standard InChI is InChI=1S/C15H16O3/c1-10(16)18-14-8-4-7-13-15(14)12-6-3-2-5-11(12)9-17-13/h2-4,7-8,11-12H,5-6,9H2,1H3. The summed E-state index contributed by atoms with van der Waals surface area (Å²) in [5, 5.41) is 0. The van der Waals surface area contributed by atoms with Crippen LogP contribution in [-0.2, 0) is 4.79 Å². The van der Waals surface area contributed by atoms with Crippen molar-refractivity contribution in [2.75, 3.05) is 6.61 Å². The van der Waals surface area contributed by atoms with Gasteiger partial charge in [-0.1, -0.05) is 18.2 Å². The van der Waals surface area contributed by atoms with Crippen LogP contribution in [0.15, 0.2) is 30.4 Å². The van der Waals surface area contributed by atoms with Crippen molar-refractivity contribution in [1.82, 2.24) is 0 Å². The van der Waals surface area contributed by atoms with Gasteiger partial charge in [0.1, 0.15) is 11.5 Å². The molecule has 0 saturated carbocycles. The fourth-order valence-corrected chi connectivity index (χ4v) is 2.86. The molecule has 94 valence electrons. The monoisotopic (exact) mass is 244 g/mol. The highest BCUT2D eigenvalue weighted by Gasteiger charge is 2.33. The van der Waals surface area contributed by atoms with Crippen molar-refractivity contribution in [3.8, 4) is 11.5 Å². The van der Waals surface area contributed by atoms with Crippen molar-refractivity contribution in [1.29, 1.82) is 0 Å². The Balaban J connectivity index is 2.04. The first-order chi connectivity index (χ1) is 8.75. The van der Waals surface area contributed by atoms with E-state index in [0.29, 0.717) is 17.6 Å². The predicted molar refractivity (Wildman–Crippen MR) is 67.9 cm³/mol. The number of carbonyl (C=O) groups is 1. The molecule has 18 heavy (non-hydrogen) atoms. The third-order valence-corrected chi connectivity index (χ3v) is 3.67. The zero-order valence-corrected chi connectivity index (χ0v) is 10.4. The topological polar surface area (TPSA) is 35.5 Å². The Morgan fingerprint density at radius 2 is 2.17 bits per heavy atom. The molecule has 0 radical (unpaired) electrons. The van der Waals surface area contributed by atoms with Crippen molar-refractivity contribution in [2.24, 2.45) is 5.92 Å². The molecule has 0 N–H and O–H groups in total. The maximum absolute atomic E-state index is 11.2. The van der Waals surface area contributed by atoms with E-state index >= 15 is 0 Å². The van der Waals surface area contributed by atoms with Gasteiger partial charge < -0.3 is 9.47 Å². The van der Waals surface area contributed by atoms with E-state index in [1.807, 2.05) is 18.2 Å².